The van der Waals surface area contributed by atoms with Crippen LogP contribution >= 0.6 is 24.0 Å². The summed E-state index contributed by atoms with van der Waals surface area (Å²) in [6.45, 7) is 7.62. The minimum atomic E-state index is -0.0144. The lowest BCUT2D eigenvalue weighted by Crippen LogP contribution is -2.37. The van der Waals surface area contributed by atoms with Crippen molar-refractivity contribution in [2.45, 2.75) is 45.6 Å². The number of unbranched alkanes of at least 4 members (excludes halogenated alkanes) is 1. The SMILES string of the molecule is CCCCNC(=O)c1ccc(CNC(=NC)NCCCOCC2CCOCC2)cc1.I. The molecule has 1 saturated heterocycles. The first-order valence-corrected chi connectivity index (χ1v) is 11.2. The van der Waals surface area contributed by atoms with Crippen LogP contribution in [0.25, 0.3) is 0 Å². The molecule has 176 valence electrons. The van der Waals surface area contributed by atoms with Gasteiger partial charge in [0.1, 0.15) is 0 Å². The van der Waals surface area contributed by atoms with Gasteiger partial charge in [0, 0.05) is 58.7 Å². The predicted octanol–water partition coefficient (Wildman–Crippen LogP) is 3.33. The molecule has 0 radical (unpaired) electrons. The van der Waals surface area contributed by atoms with Crippen LogP contribution in [-0.2, 0) is 16.0 Å². The minimum absolute atomic E-state index is 0. The normalized spacial score (nSPS) is 14.6. The fraction of sp³-hybridized carbons (Fsp3) is 0.652. The smallest absolute Gasteiger partial charge is 0.251 e. The van der Waals surface area contributed by atoms with Crippen LogP contribution in [0, 0.1) is 5.92 Å². The van der Waals surface area contributed by atoms with Crippen molar-refractivity contribution in [2.24, 2.45) is 10.9 Å². The van der Waals surface area contributed by atoms with Gasteiger partial charge in [-0.25, -0.2) is 0 Å². The standard InChI is InChI=1S/C23H38N4O3.HI/c1-3-4-12-25-22(28)21-8-6-19(7-9-21)17-27-23(24-2)26-13-5-14-30-18-20-10-15-29-16-11-20;/h6-9,20H,3-5,10-18H2,1-2H3,(H,25,28)(H2,24,26,27);1H. The van der Waals surface area contributed by atoms with E-state index in [1.807, 2.05) is 24.3 Å². The van der Waals surface area contributed by atoms with Gasteiger partial charge in [0.2, 0.25) is 0 Å². The molecule has 0 spiro atoms. The molecule has 0 atom stereocenters. The molecule has 8 heteroatoms. The highest BCUT2D eigenvalue weighted by molar-refractivity contribution is 14.0. The van der Waals surface area contributed by atoms with Crippen molar-refractivity contribution in [3.63, 3.8) is 0 Å². The Hall–Kier alpha value is -1.39. The summed E-state index contributed by atoms with van der Waals surface area (Å²) >= 11 is 0. The Morgan fingerprint density at radius 3 is 2.48 bits per heavy atom. The number of hydrogen-bond acceptors (Lipinski definition) is 4. The van der Waals surface area contributed by atoms with Crippen LogP contribution in [0.3, 0.4) is 0 Å². The maximum absolute atomic E-state index is 12.1. The Morgan fingerprint density at radius 2 is 1.81 bits per heavy atom. The number of halogens is 1. The summed E-state index contributed by atoms with van der Waals surface area (Å²) in [5.41, 5.74) is 1.79. The van der Waals surface area contributed by atoms with E-state index in [9.17, 15) is 4.79 Å². The monoisotopic (exact) mass is 546 g/mol. The van der Waals surface area contributed by atoms with E-state index in [-0.39, 0.29) is 29.9 Å². The molecule has 1 aromatic carbocycles. The quantitative estimate of drug-likeness (QED) is 0.162. The molecule has 0 saturated carbocycles. The number of guanidine groups is 1. The minimum Gasteiger partial charge on any atom is -0.381 e. The summed E-state index contributed by atoms with van der Waals surface area (Å²) in [6, 6.07) is 7.67. The summed E-state index contributed by atoms with van der Waals surface area (Å²) in [7, 11) is 1.76. The van der Waals surface area contributed by atoms with Crippen LogP contribution in [0.2, 0.25) is 0 Å². The van der Waals surface area contributed by atoms with Crippen molar-refractivity contribution in [3.8, 4) is 0 Å². The maximum Gasteiger partial charge on any atom is 0.251 e. The van der Waals surface area contributed by atoms with Crippen molar-refractivity contribution in [1.29, 1.82) is 0 Å². The number of rotatable bonds is 12. The Balaban J connectivity index is 0.00000480. The van der Waals surface area contributed by atoms with Gasteiger partial charge < -0.3 is 25.4 Å². The van der Waals surface area contributed by atoms with Crippen LogP contribution in [0.15, 0.2) is 29.3 Å². The van der Waals surface area contributed by atoms with E-state index in [0.29, 0.717) is 18.0 Å². The first-order valence-electron chi connectivity index (χ1n) is 11.2. The highest BCUT2D eigenvalue weighted by atomic mass is 127. The fourth-order valence-corrected chi connectivity index (χ4v) is 3.21. The Kier molecular flexibility index (Phi) is 15.3. The van der Waals surface area contributed by atoms with Crippen molar-refractivity contribution < 1.29 is 14.3 Å². The first-order chi connectivity index (χ1) is 14.7. The molecule has 1 fully saturated rings. The number of aliphatic imine (C=N–C) groups is 1. The number of amides is 1. The zero-order valence-corrected chi connectivity index (χ0v) is 21.3. The van der Waals surface area contributed by atoms with E-state index in [2.05, 4.69) is 27.9 Å². The molecule has 31 heavy (non-hydrogen) atoms. The molecule has 0 unspecified atom stereocenters. The zero-order valence-electron chi connectivity index (χ0n) is 19.0. The molecule has 2 rings (SSSR count). The Bertz CT molecular complexity index is 634. The van der Waals surface area contributed by atoms with Crippen molar-refractivity contribution >= 4 is 35.8 Å². The topological polar surface area (TPSA) is 84.0 Å². The van der Waals surface area contributed by atoms with E-state index in [4.69, 9.17) is 9.47 Å². The number of ether oxygens (including phenoxy) is 2. The van der Waals surface area contributed by atoms with Crippen LogP contribution in [-0.4, -0.2) is 58.4 Å². The van der Waals surface area contributed by atoms with Crippen molar-refractivity contribution in [1.82, 2.24) is 16.0 Å². The fourth-order valence-electron chi connectivity index (χ4n) is 3.21. The van der Waals surface area contributed by atoms with Gasteiger partial charge in [-0.05, 0) is 49.3 Å². The number of carbonyl (C=O) groups excluding carboxylic acids is 1. The van der Waals surface area contributed by atoms with Gasteiger partial charge in [-0.3, -0.25) is 9.79 Å². The van der Waals surface area contributed by atoms with Gasteiger partial charge in [-0.15, -0.1) is 24.0 Å². The Labute approximate surface area is 204 Å². The number of hydrogen-bond donors (Lipinski definition) is 3. The molecule has 3 N–H and O–H groups in total. The van der Waals surface area contributed by atoms with Crippen LogP contribution in [0.1, 0.15) is 54.9 Å². The van der Waals surface area contributed by atoms with Crippen molar-refractivity contribution in [3.05, 3.63) is 35.4 Å². The average Bonchev–Trinajstić information content (AvgIpc) is 2.79. The Morgan fingerprint density at radius 1 is 1.10 bits per heavy atom. The molecule has 1 heterocycles. The number of benzene rings is 1. The lowest BCUT2D eigenvalue weighted by Gasteiger charge is -2.21. The van der Waals surface area contributed by atoms with Crippen LogP contribution in [0.5, 0.6) is 0 Å². The largest absolute Gasteiger partial charge is 0.381 e. The average molecular weight is 546 g/mol. The molecule has 1 aliphatic heterocycles. The molecule has 0 aromatic heterocycles. The van der Waals surface area contributed by atoms with Gasteiger partial charge in [0.25, 0.3) is 5.91 Å². The molecule has 0 bridgehead atoms. The summed E-state index contributed by atoms with van der Waals surface area (Å²) in [5, 5.41) is 9.55. The second-order valence-electron chi connectivity index (χ2n) is 7.64. The zero-order chi connectivity index (χ0) is 21.4. The van der Waals surface area contributed by atoms with Crippen LogP contribution < -0.4 is 16.0 Å². The number of carbonyl (C=O) groups is 1. The third-order valence-corrected chi connectivity index (χ3v) is 5.17. The van der Waals surface area contributed by atoms with Gasteiger partial charge >= 0.3 is 0 Å². The lowest BCUT2D eigenvalue weighted by molar-refractivity contribution is 0.0203. The maximum atomic E-state index is 12.1. The number of nitrogens with zero attached hydrogens (tertiary/aromatic N) is 1. The molecule has 0 aliphatic carbocycles. The first kappa shape index (κ1) is 27.6. The second kappa shape index (κ2) is 17.2. The summed E-state index contributed by atoms with van der Waals surface area (Å²) in [6.07, 6.45) is 5.23. The summed E-state index contributed by atoms with van der Waals surface area (Å²) < 4.78 is 11.2. The van der Waals surface area contributed by atoms with E-state index >= 15 is 0 Å². The summed E-state index contributed by atoms with van der Waals surface area (Å²) in [4.78, 5) is 16.3. The van der Waals surface area contributed by atoms with Gasteiger partial charge in [-0.1, -0.05) is 25.5 Å². The van der Waals surface area contributed by atoms with E-state index < -0.39 is 0 Å². The molecule has 1 aromatic rings. The molecular formula is C23H39IN4O3. The van der Waals surface area contributed by atoms with Gasteiger partial charge in [-0.2, -0.15) is 0 Å². The third-order valence-electron chi connectivity index (χ3n) is 5.17. The van der Waals surface area contributed by atoms with Crippen molar-refractivity contribution in [2.75, 3.05) is 46.6 Å². The van der Waals surface area contributed by atoms with Gasteiger partial charge in [0.15, 0.2) is 5.96 Å². The lowest BCUT2D eigenvalue weighted by atomic mass is 10.0. The second-order valence-corrected chi connectivity index (χ2v) is 7.64. The van der Waals surface area contributed by atoms with E-state index in [1.54, 1.807) is 7.05 Å². The van der Waals surface area contributed by atoms with Gasteiger partial charge in [0.05, 0.1) is 0 Å². The van der Waals surface area contributed by atoms with Crippen LogP contribution in [0.4, 0.5) is 0 Å². The molecule has 7 nitrogen and oxygen atoms in total. The highest BCUT2D eigenvalue weighted by Crippen LogP contribution is 2.14. The molecular weight excluding hydrogens is 507 g/mol. The highest BCUT2D eigenvalue weighted by Gasteiger charge is 2.13. The predicted molar refractivity (Wildman–Crippen MR) is 136 cm³/mol. The van der Waals surface area contributed by atoms with E-state index in [1.165, 1.54) is 0 Å². The molecule has 1 aliphatic rings. The third kappa shape index (κ3) is 11.7. The molecule has 1 amide bonds. The van der Waals surface area contributed by atoms with E-state index in [0.717, 1.165) is 83.1 Å². The number of nitrogens with one attached hydrogen (secondary N) is 3. The summed E-state index contributed by atoms with van der Waals surface area (Å²) in [5.74, 6) is 1.40.